The van der Waals surface area contributed by atoms with Crippen LogP contribution in [0.15, 0.2) is 27.4 Å². The van der Waals surface area contributed by atoms with E-state index in [2.05, 4.69) is 0 Å². The summed E-state index contributed by atoms with van der Waals surface area (Å²) < 4.78 is 10.1. The van der Waals surface area contributed by atoms with Crippen molar-refractivity contribution in [1.29, 1.82) is 0 Å². The molecule has 15 heavy (non-hydrogen) atoms. The second-order valence-electron chi connectivity index (χ2n) is 3.24. The van der Waals surface area contributed by atoms with Gasteiger partial charge in [0.15, 0.2) is 11.5 Å². The average Bonchev–Trinajstić information content (AvgIpc) is 2.18. The minimum atomic E-state index is -0.409. The van der Waals surface area contributed by atoms with Crippen LogP contribution < -0.4 is 10.4 Å². The fourth-order valence-electron chi connectivity index (χ4n) is 1.61. The van der Waals surface area contributed by atoms with Gasteiger partial charge in [-0.25, -0.2) is 4.79 Å². The predicted octanol–water partition coefficient (Wildman–Crippen LogP) is 1.82. The molecule has 0 saturated heterocycles. The molecule has 78 valence electrons. The summed E-state index contributed by atoms with van der Waals surface area (Å²) in [6.45, 7) is 1.77. The molecule has 2 rings (SSSR count). The molecule has 1 aromatic carbocycles. The number of fused-ring (bicyclic) bond motifs is 1. The van der Waals surface area contributed by atoms with Crippen molar-refractivity contribution < 1.29 is 14.3 Å². The van der Waals surface area contributed by atoms with E-state index in [-0.39, 0.29) is 5.75 Å². The first kappa shape index (κ1) is 9.58. The minimum absolute atomic E-state index is 0.0296. The molecule has 1 N–H and O–H groups in total. The lowest BCUT2D eigenvalue weighted by atomic mass is 10.1. The number of ether oxygens (including phenoxy) is 1. The van der Waals surface area contributed by atoms with Gasteiger partial charge < -0.3 is 14.3 Å². The minimum Gasteiger partial charge on any atom is -0.504 e. The van der Waals surface area contributed by atoms with Crippen molar-refractivity contribution >= 4 is 11.0 Å². The second-order valence-corrected chi connectivity index (χ2v) is 3.24. The van der Waals surface area contributed by atoms with Gasteiger partial charge in [0.2, 0.25) is 0 Å². The Morgan fingerprint density at radius 3 is 2.80 bits per heavy atom. The average molecular weight is 206 g/mol. The molecule has 1 aromatic heterocycles. The highest BCUT2D eigenvalue weighted by atomic mass is 16.5. The van der Waals surface area contributed by atoms with Crippen molar-refractivity contribution in [2.75, 3.05) is 7.11 Å². The molecule has 0 unspecified atom stereocenters. The number of phenolic OH excluding ortho intramolecular Hbond substituents is 1. The lowest BCUT2D eigenvalue weighted by molar-refractivity contribution is 0.377. The number of phenols is 1. The highest BCUT2D eigenvalue weighted by Crippen LogP contribution is 2.35. The molecule has 0 radical (unpaired) electrons. The van der Waals surface area contributed by atoms with Crippen LogP contribution in [0, 0.1) is 6.92 Å². The summed E-state index contributed by atoms with van der Waals surface area (Å²) in [6.07, 6.45) is 0. The van der Waals surface area contributed by atoms with Crippen molar-refractivity contribution in [3.05, 3.63) is 34.2 Å². The summed E-state index contributed by atoms with van der Waals surface area (Å²) in [4.78, 5) is 11.1. The summed E-state index contributed by atoms with van der Waals surface area (Å²) in [6, 6.07) is 4.34. The Hall–Kier alpha value is -1.97. The fraction of sp³-hybridized carbons (Fsp3) is 0.182. The summed E-state index contributed by atoms with van der Waals surface area (Å²) in [5.74, 6) is 0.357. The number of benzene rings is 1. The Balaban J connectivity index is 2.98. The van der Waals surface area contributed by atoms with Crippen molar-refractivity contribution in [1.82, 2.24) is 0 Å². The Kier molecular flexibility index (Phi) is 2.11. The van der Waals surface area contributed by atoms with E-state index in [0.29, 0.717) is 22.3 Å². The summed E-state index contributed by atoms with van der Waals surface area (Å²) in [5.41, 5.74) is 0.719. The molecule has 0 aliphatic heterocycles. The lowest BCUT2D eigenvalue weighted by Crippen LogP contribution is -1.99. The number of methoxy groups -OCH3 is 1. The molecule has 0 aliphatic rings. The third-order valence-corrected chi connectivity index (χ3v) is 2.24. The molecule has 0 bridgehead atoms. The fourth-order valence-corrected chi connectivity index (χ4v) is 1.61. The zero-order valence-electron chi connectivity index (χ0n) is 8.40. The Morgan fingerprint density at radius 1 is 1.40 bits per heavy atom. The molecule has 0 fully saturated rings. The van der Waals surface area contributed by atoms with Crippen molar-refractivity contribution in [2.45, 2.75) is 6.92 Å². The van der Waals surface area contributed by atoms with Gasteiger partial charge in [-0.3, -0.25) is 0 Å². The molecule has 0 saturated carbocycles. The van der Waals surface area contributed by atoms with E-state index in [4.69, 9.17) is 9.15 Å². The van der Waals surface area contributed by atoms with Gasteiger partial charge >= 0.3 is 5.63 Å². The van der Waals surface area contributed by atoms with Gasteiger partial charge in [-0.15, -0.1) is 0 Å². The molecule has 1 heterocycles. The smallest absolute Gasteiger partial charge is 0.336 e. The van der Waals surface area contributed by atoms with Crippen molar-refractivity contribution in [2.24, 2.45) is 0 Å². The largest absolute Gasteiger partial charge is 0.504 e. The Labute approximate surface area is 85.7 Å². The van der Waals surface area contributed by atoms with E-state index in [0.717, 1.165) is 0 Å². The highest BCUT2D eigenvalue weighted by Gasteiger charge is 2.11. The summed E-state index contributed by atoms with van der Waals surface area (Å²) >= 11 is 0. The third-order valence-electron chi connectivity index (χ3n) is 2.24. The zero-order chi connectivity index (χ0) is 11.0. The predicted molar refractivity (Wildman–Crippen MR) is 55.4 cm³/mol. The normalized spacial score (nSPS) is 10.5. The number of aromatic hydroxyl groups is 1. The van der Waals surface area contributed by atoms with E-state index in [1.165, 1.54) is 19.2 Å². The maximum atomic E-state index is 11.1. The topological polar surface area (TPSA) is 59.7 Å². The van der Waals surface area contributed by atoms with E-state index >= 15 is 0 Å². The molecule has 0 spiro atoms. The van der Waals surface area contributed by atoms with Gasteiger partial charge in [0.1, 0.15) is 5.58 Å². The molecule has 4 heteroatoms. The van der Waals surface area contributed by atoms with Crippen LogP contribution in [0.5, 0.6) is 11.5 Å². The van der Waals surface area contributed by atoms with E-state index in [1.54, 1.807) is 13.0 Å². The lowest BCUT2D eigenvalue weighted by Gasteiger charge is -2.08. The van der Waals surface area contributed by atoms with Gasteiger partial charge in [-0.05, 0) is 24.6 Å². The van der Waals surface area contributed by atoms with Crippen LogP contribution in [-0.4, -0.2) is 12.2 Å². The number of hydrogen-bond donors (Lipinski definition) is 1. The zero-order valence-corrected chi connectivity index (χ0v) is 8.40. The third kappa shape index (κ3) is 1.44. The summed E-state index contributed by atoms with van der Waals surface area (Å²) in [5, 5.41) is 10.2. The molecular formula is C11H10O4. The van der Waals surface area contributed by atoms with E-state index in [9.17, 15) is 9.90 Å². The highest BCUT2D eigenvalue weighted by molar-refractivity contribution is 5.89. The van der Waals surface area contributed by atoms with Gasteiger partial charge in [-0.2, -0.15) is 0 Å². The van der Waals surface area contributed by atoms with Crippen molar-refractivity contribution in [3.63, 3.8) is 0 Å². The molecule has 4 nitrogen and oxygen atoms in total. The first-order valence-corrected chi connectivity index (χ1v) is 4.44. The molecule has 0 atom stereocenters. The molecule has 0 amide bonds. The van der Waals surface area contributed by atoms with Crippen LogP contribution in [0.3, 0.4) is 0 Å². The Morgan fingerprint density at radius 2 is 2.13 bits per heavy atom. The van der Waals surface area contributed by atoms with Crippen LogP contribution in [0.4, 0.5) is 0 Å². The SMILES string of the molecule is COc1c(O)ccc2oc(=O)cc(C)c12. The van der Waals surface area contributed by atoms with Gasteiger partial charge in [0, 0.05) is 6.07 Å². The maximum absolute atomic E-state index is 11.1. The monoisotopic (exact) mass is 206 g/mol. The number of rotatable bonds is 1. The molecule has 2 aromatic rings. The Bertz CT molecular complexity index is 569. The van der Waals surface area contributed by atoms with Gasteiger partial charge in [-0.1, -0.05) is 0 Å². The first-order valence-electron chi connectivity index (χ1n) is 4.44. The van der Waals surface area contributed by atoms with Crippen LogP contribution in [0.25, 0.3) is 11.0 Å². The number of hydrogen-bond acceptors (Lipinski definition) is 4. The number of aryl methyl sites for hydroxylation is 1. The van der Waals surface area contributed by atoms with Crippen molar-refractivity contribution in [3.8, 4) is 11.5 Å². The molecular weight excluding hydrogens is 196 g/mol. The van der Waals surface area contributed by atoms with Crippen LogP contribution >= 0.6 is 0 Å². The maximum Gasteiger partial charge on any atom is 0.336 e. The first-order chi connectivity index (χ1) is 7.13. The van der Waals surface area contributed by atoms with E-state index in [1.807, 2.05) is 0 Å². The van der Waals surface area contributed by atoms with E-state index < -0.39 is 5.63 Å². The summed E-state index contributed by atoms with van der Waals surface area (Å²) in [7, 11) is 1.46. The van der Waals surface area contributed by atoms with Crippen LogP contribution in [0.2, 0.25) is 0 Å². The molecule has 0 aliphatic carbocycles. The van der Waals surface area contributed by atoms with Crippen LogP contribution in [0.1, 0.15) is 5.56 Å². The standard InChI is InChI=1S/C11H10O4/c1-6-5-9(13)15-8-4-3-7(12)11(14-2)10(6)8/h3-5,12H,1-2H3. The van der Waals surface area contributed by atoms with Gasteiger partial charge in [0.25, 0.3) is 0 Å². The quantitative estimate of drug-likeness (QED) is 0.723. The van der Waals surface area contributed by atoms with Crippen LogP contribution in [-0.2, 0) is 0 Å². The second kappa shape index (κ2) is 3.31. The van der Waals surface area contributed by atoms with Gasteiger partial charge in [0.05, 0.1) is 12.5 Å².